The van der Waals surface area contributed by atoms with Crippen LogP contribution in [0.4, 0.5) is 5.69 Å². The first-order valence-corrected chi connectivity index (χ1v) is 5.29. The van der Waals surface area contributed by atoms with Gasteiger partial charge in [0.1, 0.15) is 12.4 Å². The van der Waals surface area contributed by atoms with E-state index in [1.165, 1.54) is 19.2 Å². The second-order valence-corrected chi connectivity index (χ2v) is 3.53. The molecule has 0 bridgehead atoms. The van der Waals surface area contributed by atoms with Crippen LogP contribution in [-0.4, -0.2) is 24.5 Å². The van der Waals surface area contributed by atoms with Crippen molar-refractivity contribution < 1.29 is 14.4 Å². The fourth-order valence-electron chi connectivity index (χ4n) is 1.13. The molecule has 5 nitrogen and oxygen atoms in total. The number of nitro groups is 1. The van der Waals surface area contributed by atoms with E-state index in [1.807, 2.05) is 0 Å². The number of nitrogens with zero attached hydrogens (tertiary/aromatic N) is 1. The third-order valence-corrected chi connectivity index (χ3v) is 2.36. The number of benzene rings is 1. The van der Waals surface area contributed by atoms with E-state index in [9.17, 15) is 10.1 Å². The lowest BCUT2D eigenvalue weighted by atomic mass is 10.3. The van der Waals surface area contributed by atoms with E-state index in [0.717, 1.165) is 0 Å². The third-order valence-electron chi connectivity index (χ3n) is 1.98. The Morgan fingerprint density at radius 2 is 2.29 bits per heavy atom. The quantitative estimate of drug-likeness (QED) is 0.340. The van der Waals surface area contributed by atoms with Crippen LogP contribution in [0, 0.1) is 10.1 Å². The second kappa shape index (κ2) is 6.10. The molecule has 0 radical (unpaired) electrons. The van der Waals surface area contributed by atoms with Crippen LogP contribution in [0.3, 0.4) is 0 Å². The van der Waals surface area contributed by atoms with Gasteiger partial charge in [-0.2, -0.15) is 0 Å². The lowest BCUT2D eigenvalue weighted by Crippen LogP contribution is -2.02. The molecule has 0 aliphatic heterocycles. The van der Waals surface area contributed by atoms with E-state index in [4.69, 9.17) is 21.1 Å². The molecule has 1 aromatic rings. The molecule has 6 heteroatoms. The average molecular weight is 258 g/mol. The highest BCUT2D eigenvalue weighted by Crippen LogP contribution is 2.30. The highest BCUT2D eigenvalue weighted by atomic mass is 35.5. The maximum Gasteiger partial charge on any atom is 0.314 e. The molecule has 0 spiro atoms. The highest BCUT2D eigenvalue weighted by molar-refractivity contribution is 6.19. The minimum absolute atomic E-state index is 0.138. The third kappa shape index (κ3) is 3.64. The molecule has 0 aliphatic rings. The highest BCUT2D eigenvalue weighted by Gasteiger charge is 2.15. The molecule has 0 saturated heterocycles. The van der Waals surface area contributed by atoms with Gasteiger partial charge in [0.25, 0.3) is 0 Å². The molecule has 1 rings (SSSR count). The van der Waals surface area contributed by atoms with Crippen LogP contribution in [0.15, 0.2) is 30.4 Å². The Bertz CT molecular complexity index is 433. The van der Waals surface area contributed by atoms with Crippen molar-refractivity contribution in [3.05, 3.63) is 40.5 Å². The largest absolute Gasteiger partial charge is 0.490 e. The van der Waals surface area contributed by atoms with E-state index >= 15 is 0 Å². The van der Waals surface area contributed by atoms with Gasteiger partial charge in [-0.15, -0.1) is 11.6 Å². The molecular weight excluding hydrogens is 246 g/mol. The van der Waals surface area contributed by atoms with Crippen LogP contribution in [0.1, 0.15) is 0 Å². The van der Waals surface area contributed by atoms with E-state index in [-0.39, 0.29) is 23.9 Å². The van der Waals surface area contributed by atoms with Crippen LogP contribution < -0.4 is 9.47 Å². The van der Waals surface area contributed by atoms with E-state index in [1.54, 1.807) is 6.07 Å². The molecule has 0 heterocycles. The van der Waals surface area contributed by atoms with Crippen LogP contribution in [-0.2, 0) is 0 Å². The number of rotatable bonds is 6. The SMILES string of the molecule is C=C(CCl)COc1ccc(OC)c([N+](=O)[O-])c1. The summed E-state index contributed by atoms with van der Waals surface area (Å²) in [5.41, 5.74) is 0.562. The van der Waals surface area contributed by atoms with Crippen molar-refractivity contribution >= 4 is 17.3 Å². The monoisotopic (exact) mass is 257 g/mol. The topological polar surface area (TPSA) is 61.6 Å². The standard InChI is InChI=1S/C11H12ClNO4/c1-8(6-12)7-17-9-3-4-11(16-2)10(5-9)13(14)15/h3-5H,1,6-7H2,2H3. The number of methoxy groups -OCH3 is 1. The van der Waals surface area contributed by atoms with Gasteiger partial charge in [-0.3, -0.25) is 10.1 Å². The smallest absolute Gasteiger partial charge is 0.314 e. The van der Waals surface area contributed by atoms with Crippen molar-refractivity contribution in [3.63, 3.8) is 0 Å². The second-order valence-electron chi connectivity index (χ2n) is 3.26. The minimum atomic E-state index is -0.526. The summed E-state index contributed by atoms with van der Waals surface area (Å²) in [7, 11) is 1.37. The first kappa shape index (κ1) is 13.3. The number of halogens is 1. The molecule has 17 heavy (non-hydrogen) atoms. The van der Waals surface area contributed by atoms with Gasteiger partial charge < -0.3 is 9.47 Å². The summed E-state index contributed by atoms with van der Waals surface area (Å²) in [4.78, 5) is 10.2. The molecule has 0 fully saturated rings. The van der Waals surface area contributed by atoms with Crippen LogP contribution in [0.2, 0.25) is 0 Å². The maximum atomic E-state index is 10.8. The van der Waals surface area contributed by atoms with Gasteiger partial charge in [0.15, 0.2) is 5.75 Å². The number of ether oxygens (including phenoxy) is 2. The maximum absolute atomic E-state index is 10.8. The first-order valence-electron chi connectivity index (χ1n) is 4.76. The summed E-state index contributed by atoms with van der Waals surface area (Å²) >= 11 is 5.54. The van der Waals surface area contributed by atoms with E-state index in [0.29, 0.717) is 11.3 Å². The van der Waals surface area contributed by atoms with Gasteiger partial charge in [0, 0.05) is 5.88 Å². The number of hydrogen-bond donors (Lipinski definition) is 0. The van der Waals surface area contributed by atoms with Crippen molar-refractivity contribution in [2.75, 3.05) is 19.6 Å². The summed E-state index contributed by atoms with van der Waals surface area (Å²) in [5, 5.41) is 10.8. The summed E-state index contributed by atoms with van der Waals surface area (Å²) in [6, 6.07) is 4.38. The summed E-state index contributed by atoms with van der Waals surface area (Å²) < 4.78 is 10.2. The lowest BCUT2D eigenvalue weighted by Gasteiger charge is -2.07. The zero-order chi connectivity index (χ0) is 12.8. The summed E-state index contributed by atoms with van der Waals surface area (Å²) in [5.74, 6) is 0.861. The molecule has 0 atom stereocenters. The Morgan fingerprint density at radius 3 is 2.82 bits per heavy atom. The molecule has 0 unspecified atom stereocenters. The summed E-state index contributed by atoms with van der Waals surface area (Å²) in [6.45, 7) is 3.89. The predicted octanol–water partition coefficient (Wildman–Crippen LogP) is 2.78. The number of nitro benzene ring substituents is 1. The van der Waals surface area contributed by atoms with Crippen LogP contribution >= 0.6 is 11.6 Å². The minimum Gasteiger partial charge on any atom is -0.490 e. The van der Waals surface area contributed by atoms with Crippen molar-refractivity contribution in [3.8, 4) is 11.5 Å². The van der Waals surface area contributed by atoms with Gasteiger partial charge in [-0.25, -0.2) is 0 Å². The number of hydrogen-bond acceptors (Lipinski definition) is 4. The van der Waals surface area contributed by atoms with E-state index in [2.05, 4.69) is 6.58 Å². The van der Waals surface area contributed by atoms with Gasteiger partial charge in [-0.05, 0) is 17.7 Å². The molecular formula is C11H12ClNO4. The van der Waals surface area contributed by atoms with Gasteiger partial charge in [0.05, 0.1) is 18.1 Å². The Balaban J connectivity index is 2.85. The molecule has 0 aromatic heterocycles. The Kier molecular flexibility index (Phi) is 4.78. The van der Waals surface area contributed by atoms with Crippen molar-refractivity contribution in [2.24, 2.45) is 0 Å². The van der Waals surface area contributed by atoms with Gasteiger partial charge >= 0.3 is 5.69 Å². The fourth-order valence-corrected chi connectivity index (χ4v) is 1.20. The van der Waals surface area contributed by atoms with Gasteiger partial charge in [0.2, 0.25) is 0 Å². The average Bonchev–Trinajstić information content (AvgIpc) is 2.35. The Hall–Kier alpha value is -1.75. The van der Waals surface area contributed by atoms with Crippen molar-refractivity contribution in [1.29, 1.82) is 0 Å². The molecule has 1 aromatic carbocycles. The predicted molar refractivity (Wildman–Crippen MR) is 65.0 cm³/mol. The molecule has 0 saturated carbocycles. The zero-order valence-corrected chi connectivity index (χ0v) is 10.1. The first-order chi connectivity index (χ1) is 8.08. The summed E-state index contributed by atoms with van der Waals surface area (Å²) in [6.07, 6.45) is 0. The van der Waals surface area contributed by atoms with Crippen molar-refractivity contribution in [1.82, 2.24) is 0 Å². The number of alkyl halides is 1. The molecule has 0 amide bonds. The van der Waals surface area contributed by atoms with Gasteiger partial charge in [-0.1, -0.05) is 6.58 Å². The Labute approximate surface area is 104 Å². The molecule has 0 N–H and O–H groups in total. The zero-order valence-electron chi connectivity index (χ0n) is 9.31. The van der Waals surface area contributed by atoms with Crippen LogP contribution in [0.25, 0.3) is 0 Å². The van der Waals surface area contributed by atoms with E-state index < -0.39 is 4.92 Å². The molecule has 0 aliphatic carbocycles. The fraction of sp³-hybridized carbons (Fsp3) is 0.273. The Morgan fingerprint density at radius 1 is 1.59 bits per heavy atom. The lowest BCUT2D eigenvalue weighted by molar-refractivity contribution is -0.385. The van der Waals surface area contributed by atoms with Crippen molar-refractivity contribution in [2.45, 2.75) is 0 Å². The molecule has 92 valence electrons. The van der Waals surface area contributed by atoms with Crippen LogP contribution in [0.5, 0.6) is 11.5 Å². The normalized spacial score (nSPS) is 9.76.